The largest absolute Gasteiger partial charge is 0.497 e. The lowest BCUT2D eigenvalue weighted by Crippen LogP contribution is -2.37. The molecule has 2 aliphatic heterocycles. The molecule has 0 unspecified atom stereocenters. The van der Waals surface area contributed by atoms with Gasteiger partial charge >= 0.3 is 6.03 Å². The van der Waals surface area contributed by atoms with Gasteiger partial charge in [-0.1, -0.05) is 0 Å². The van der Waals surface area contributed by atoms with E-state index in [0.29, 0.717) is 36.4 Å². The fraction of sp³-hybridized carbons (Fsp3) is 0.474. The van der Waals surface area contributed by atoms with Gasteiger partial charge < -0.3 is 24.4 Å². The van der Waals surface area contributed by atoms with Crippen LogP contribution in [0, 0.1) is 11.8 Å². The Balaban J connectivity index is 1.47. The minimum Gasteiger partial charge on any atom is -0.497 e. The van der Waals surface area contributed by atoms with Gasteiger partial charge in [0.2, 0.25) is 5.82 Å². The number of fused-ring (bicyclic) bond motifs is 2. The molecule has 2 atom stereocenters. The van der Waals surface area contributed by atoms with Crippen molar-refractivity contribution in [2.45, 2.75) is 13.0 Å². The van der Waals surface area contributed by atoms with Crippen molar-refractivity contribution in [2.24, 2.45) is 11.8 Å². The highest BCUT2D eigenvalue weighted by Crippen LogP contribution is 2.33. The van der Waals surface area contributed by atoms with Crippen molar-refractivity contribution in [1.29, 1.82) is 0 Å². The molecule has 0 aliphatic carbocycles. The molecule has 9 heteroatoms. The molecule has 0 saturated carbocycles. The number of ether oxygens (including phenoxy) is 1. The molecule has 1 aromatic heterocycles. The Morgan fingerprint density at radius 3 is 2.50 bits per heavy atom. The predicted octanol–water partition coefficient (Wildman–Crippen LogP) is 1.32. The summed E-state index contributed by atoms with van der Waals surface area (Å²) in [7, 11) is 5.13. The second kappa shape index (κ2) is 7.14. The lowest BCUT2D eigenvalue weighted by Gasteiger charge is -2.25. The van der Waals surface area contributed by atoms with Gasteiger partial charge in [-0.15, -0.1) is 10.2 Å². The molecule has 1 saturated heterocycles. The number of carbonyl (C=O) groups is 2. The third-order valence-corrected chi connectivity index (χ3v) is 5.47. The average Bonchev–Trinajstić information content (AvgIpc) is 3.29. The summed E-state index contributed by atoms with van der Waals surface area (Å²) in [5.41, 5.74) is 0.667. The van der Waals surface area contributed by atoms with Gasteiger partial charge in [0.25, 0.3) is 5.91 Å². The normalized spacial score (nSPS) is 20.3. The number of anilines is 1. The Kier molecular flexibility index (Phi) is 4.66. The number of nitrogens with one attached hydrogen (secondary N) is 1. The Hall–Kier alpha value is -3.10. The molecule has 0 radical (unpaired) electrons. The molecule has 3 heterocycles. The van der Waals surface area contributed by atoms with Crippen molar-refractivity contribution in [3.8, 4) is 5.75 Å². The zero-order valence-electron chi connectivity index (χ0n) is 16.3. The third-order valence-electron chi connectivity index (χ3n) is 5.47. The maximum absolute atomic E-state index is 12.7. The number of carbonyl (C=O) groups excluding carboxylic acids is 2. The number of hydrogen-bond donors (Lipinski definition) is 1. The highest BCUT2D eigenvalue weighted by Gasteiger charge is 2.41. The van der Waals surface area contributed by atoms with Crippen LogP contribution < -0.4 is 10.1 Å². The summed E-state index contributed by atoms with van der Waals surface area (Å²) in [4.78, 5) is 28.5. The fourth-order valence-corrected chi connectivity index (χ4v) is 3.99. The van der Waals surface area contributed by atoms with Crippen molar-refractivity contribution < 1.29 is 14.3 Å². The lowest BCUT2D eigenvalue weighted by molar-refractivity contribution is 0.100. The van der Waals surface area contributed by atoms with Crippen molar-refractivity contribution in [3.05, 3.63) is 35.9 Å². The monoisotopic (exact) mass is 384 g/mol. The number of likely N-dealkylation sites (tertiary alicyclic amines) is 1. The molecule has 4 rings (SSSR count). The number of hydrogen-bond acceptors (Lipinski definition) is 5. The molecular weight excluding hydrogens is 360 g/mol. The van der Waals surface area contributed by atoms with E-state index < -0.39 is 0 Å². The van der Waals surface area contributed by atoms with Crippen LogP contribution in [-0.2, 0) is 13.0 Å². The molecule has 0 bridgehead atoms. The number of amides is 3. The lowest BCUT2D eigenvalue weighted by atomic mass is 9.89. The quantitative estimate of drug-likeness (QED) is 0.862. The van der Waals surface area contributed by atoms with E-state index in [9.17, 15) is 9.59 Å². The standard InChI is InChI=1S/C19H24N6O3/c1-23(2)19(27)24-9-12-8-16-21-22-17(25(16)11-13(12)10-24)18(26)20-14-4-6-15(28-3)7-5-14/h4-7,12-13H,8-11H2,1-3H3,(H,20,26)/t12-,13-/m0/s1. The van der Waals surface area contributed by atoms with Crippen molar-refractivity contribution in [2.75, 3.05) is 39.6 Å². The number of urea groups is 1. The summed E-state index contributed by atoms with van der Waals surface area (Å²) in [6.07, 6.45) is 0.727. The van der Waals surface area contributed by atoms with E-state index in [1.807, 2.05) is 9.47 Å². The van der Waals surface area contributed by atoms with Crippen LogP contribution >= 0.6 is 0 Å². The van der Waals surface area contributed by atoms with Gasteiger partial charge in [-0.25, -0.2) is 4.79 Å². The van der Waals surface area contributed by atoms with Gasteiger partial charge in [-0.05, 0) is 36.1 Å². The van der Waals surface area contributed by atoms with Crippen LogP contribution in [0.25, 0.3) is 0 Å². The van der Waals surface area contributed by atoms with E-state index >= 15 is 0 Å². The molecule has 1 aromatic carbocycles. The summed E-state index contributed by atoms with van der Waals surface area (Å²) >= 11 is 0. The number of aromatic nitrogens is 3. The molecule has 9 nitrogen and oxygen atoms in total. The molecular formula is C19H24N6O3. The van der Waals surface area contributed by atoms with Gasteiger partial charge in [-0.2, -0.15) is 0 Å². The number of methoxy groups -OCH3 is 1. The minimum absolute atomic E-state index is 0.0302. The van der Waals surface area contributed by atoms with Crippen LogP contribution in [0.2, 0.25) is 0 Å². The number of benzene rings is 1. The Morgan fingerprint density at radius 1 is 1.11 bits per heavy atom. The van der Waals surface area contributed by atoms with E-state index in [4.69, 9.17) is 4.74 Å². The first-order valence-corrected chi connectivity index (χ1v) is 9.30. The zero-order valence-corrected chi connectivity index (χ0v) is 16.3. The molecule has 148 valence electrons. The topological polar surface area (TPSA) is 92.6 Å². The molecule has 0 spiro atoms. The van der Waals surface area contributed by atoms with Crippen molar-refractivity contribution in [1.82, 2.24) is 24.6 Å². The predicted molar refractivity (Wildman–Crippen MR) is 102 cm³/mol. The molecule has 1 fully saturated rings. The molecule has 2 aliphatic rings. The maximum Gasteiger partial charge on any atom is 0.319 e. The third kappa shape index (κ3) is 3.28. The van der Waals surface area contributed by atoms with E-state index in [2.05, 4.69) is 15.5 Å². The van der Waals surface area contributed by atoms with Crippen LogP contribution in [0.4, 0.5) is 10.5 Å². The van der Waals surface area contributed by atoms with E-state index in [0.717, 1.165) is 24.5 Å². The first kappa shape index (κ1) is 18.3. The minimum atomic E-state index is -0.290. The van der Waals surface area contributed by atoms with Crippen LogP contribution in [-0.4, -0.2) is 70.8 Å². The van der Waals surface area contributed by atoms with Gasteiger partial charge in [0.05, 0.1) is 7.11 Å². The summed E-state index contributed by atoms with van der Waals surface area (Å²) in [6, 6.07) is 7.16. The van der Waals surface area contributed by atoms with E-state index in [1.54, 1.807) is 50.4 Å². The SMILES string of the molecule is COc1ccc(NC(=O)c2nnc3n2C[C@@H]2CN(C(=O)N(C)C)C[C@@H]2C3)cc1. The number of rotatable bonds is 3. The van der Waals surface area contributed by atoms with E-state index in [1.165, 1.54) is 0 Å². The Morgan fingerprint density at radius 2 is 1.82 bits per heavy atom. The summed E-state index contributed by atoms with van der Waals surface area (Å²) < 4.78 is 7.02. The second-order valence-corrected chi connectivity index (χ2v) is 7.54. The van der Waals surface area contributed by atoms with Crippen molar-refractivity contribution >= 4 is 17.6 Å². The smallest absolute Gasteiger partial charge is 0.319 e. The Bertz CT molecular complexity index is 892. The van der Waals surface area contributed by atoms with Crippen LogP contribution in [0.1, 0.15) is 16.4 Å². The van der Waals surface area contributed by atoms with Gasteiger partial charge in [-0.3, -0.25) is 4.79 Å². The van der Waals surface area contributed by atoms with Gasteiger partial charge in [0, 0.05) is 45.8 Å². The highest BCUT2D eigenvalue weighted by atomic mass is 16.5. The summed E-state index contributed by atoms with van der Waals surface area (Å²) in [5, 5.41) is 11.2. The Labute approximate surface area is 163 Å². The van der Waals surface area contributed by atoms with E-state index in [-0.39, 0.29) is 11.9 Å². The van der Waals surface area contributed by atoms with Crippen LogP contribution in [0.3, 0.4) is 0 Å². The van der Waals surface area contributed by atoms with Crippen LogP contribution in [0.15, 0.2) is 24.3 Å². The molecule has 2 aromatic rings. The molecule has 1 N–H and O–H groups in total. The van der Waals surface area contributed by atoms with Crippen LogP contribution in [0.5, 0.6) is 5.75 Å². The van der Waals surface area contributed by atoms with Crippen molar-refractivity contribution in [3.63, 3.8) is 0 Å². The summed E-state index contributed by atoms with van der Waals surface area (Å²) in [5.74, 6) is 2.21. The molecule has 3 amide bonds. The fourth-order valence-electron chi connectivity index (χ4n) is 3.99. The van der Waals surface area contributed by atoms with Gasteiger partial charge in [0.1, 0.15) is 11.6 Å². The van der Waals surface area contributed by atoms with Gasteiger partial charge in [0.15, 0.2) is 0 Å². The number of nitrogens with zero attached hydrogens (tertiary/aromatic N) is 5. The molecule has 28 heavy (non-hydrogen) atoms. The zero-order chi connectivity index (χ0) is 19.8. The maximum atomic E-state index is 12.7. The highest BCUT2D eigenvalue weighted by molar-refractivity contribution is 6.01. The average molecular weight is 384 g/mol. The first-order valence-electron chi connectivity index (χ1n) is 9.30. The summed E-state index contributed by atoms with van der Waals surface area (Å²) in [6.45, 7) is 2.07. The first-order chi connectivity index (χ1) is 13.5. The second-order valence-electron chi connectivity index (χ2n) is 7.54.